The molecule has 2 heterocycles. The average Bonchev–Trinajstić information content (AvgIpc) is 3.06. The number of nitrogens with zero attached hydrogens (tertiary/aromatic N) is 2. The van der Waals surface area contributed by atoms with Gasteiger partial charge in [0, 0.05) is 28.9 Å². The van der Waals surface area contributed by atoms with Crippen LogP contribution in [0.25, 0.3) is 33.3 Å². The lowest BCUT2D eigenvalue weighted by atomic mass is 9.63. The number of hydrogen-bond donors (Lipinski definition) is 0. The van der Waals surface area contributed by atoms with Crippen LogP contribution in [0, 0.1) is 5.82 Å². The van der Waals surface area contributed by atoms with E-state index in [-0.39, 0.29) is 27.5 Å². The topological polar surface area (TPSA) is 25.8 Å². The maximum atomic E-state index is 14.0. The number of hydrogen-bond acceptors (Lipinski definition) is 2. The highest BCUT2D eigenvalue weighted by Crippen LogP contribution is 2.48. The summed E-state index contributed by atoms with van der Waals surface area (Å²) in [5.74, 6) is -0.259. The van der Waals surface area contributed by atoms with E-state index < -0.39 is 0 Å². The van der Waals surface area contributed by atoms with Crippen LogP contribution >= 0.6 is 0 Å². The fourth-order valence-electron chi connectivity index (χ4n) is 7.42. The van der Waals surface area contributed by atoms with Crippen LogP contribution in [0.1, 0.15) is 117 Å². The Bertz CT molecular complexity index is 1870. The standard InChI is InChI=1S/C23H25N.C19H22FN.C2H6/c1-22(2)12-13-23(3,4)20-15-17(9-10-19(20)22)21-18-8-6-5-7-16(18)11-14-24-21;1-18(2)9-10-19(3,4)15-12-13(7-8-14(15)18)17-16(20)6-5-11-21-17;1-2/h5-11,14-15H,12-13H2,1-4H3;5-8,11-12H,9-10H2,1-4H3;1-2H3. The molecule has 0 unspecified atom stereocenters. The number of aromatic nitrogens is 2. The molecule has 47 heavy (non-hydrogen) atoms. The first kappa shape index (κ1) is 34.5. The van der Waals surface area contributed by atoms with Crippen molar-refractivity contribution in [1.82, 2.24) is 9.97 Å². The van der Waals surface area contributed by atoms with Gasteiger partial charge >= 0.3 is 0 Å². The van der Waals surface area contributed by atoms with Gasteiger partial charge in [0.2, 0.25) is 0 Å². The van der Waals surface area contributed by atoms with E-state index in [2.05, 4.69) is 121 Å². The number of pyridine rings is 2. The summed E-state index contributed by atoms with van der Waals surface area (Å²) in [6.07, 6.45) is 8.39. The van der Waals surface area contributed by atoms with Gasteiger partial charge in [0.25, 0.3) is 0 Å². The molecule has 0 aliphatic heterocycles. The molecule has 2 aromatic heterocycles. The highest BCUT2D eigenvalue weighted by atomic mass is 19.1. The second kappa shape index (κ2) is 13.0. The first-order valence-electron chi connectivity index (χ1n) is 17.4. The largest absolute Gasteiger partial charge is 0.256 e. The molecule has 2 aliphatic rings. The third-order valence-corrected chi connectivity index (χ3v) is 10.7. The highest BCUT2D eigenvalue weighted by molar-refractivity contribution is 5.94. The van der Waals surface area contributed by atoms with E-state index >= 15 is 0 Å². The van der Waals surface area contributed by atoms with Crippen molar-refractivity contribution in [2.75, 3.05) is 0 Å². The minimum Gasteiger partial charge on any atom is -0.256 e. The zero-order valence-corrected chi connectivity index (χ0v) is 30.3. The van der Waals surface area contributed by atoms with Gasteiger partial charge in [-0.1, -0.05) is 118 Å². The van der Waals surface area contributed by atoms with Crippen molar-refractivity contribution in [1.29, 1.82) is 0 Å². The van der Waals surface area contributed by atoms with Gasteiger partial charge in [-0.3, -0.25) is 9.97 Å². The first-order valence-corrected chi connectivity index (χ1v) is 17.4. The van der Waals surface area contributed by atoms with Crippen LogP contribution in [0.15, 0.2) is 91.3 Å². The van der Waals surface area contributed by atoms with Gasteiger partial charge in [-0.25, -0.2) is 4.39 Å². The molecule has 0 bridgehead atoms. The second-order valence-corrected chi connectivity index (χ2v) is 15.8. The lowest BCUT2D eigenvalue weighted by molar-refractivity contribution is 0.332. The van der Waals surface area contributed by atoms with E-state index in [0.29, 0.717) is 5.69 Å². The molecule has 0 saturated carbocycles. The Balaban J connectivity index is 0.000000177. The van der Waals surface area contributed by atoms with Gasteiger partial charge in [-0.05, 0) is 105 Å². The summed E-state index contributed by atoms with van der Waals surface area (Å²) in [5.41, 5.74) is 10.2. The molecule has 0 fully saturated rings. The van der Waals surface area contributed by atoms with E-state index in [9.17, 15) is 4.39 Å². The molecular weight excluding hydrogens is 575 g/mol. The third-order valence-electron chi connectivity index (χ3n) is 10.7. The van der Waals surface area contributed by atoms with Crippen LogP contribution < -0.4 is 0 Å². The Morgan fingerprint density at radius 3 is 1.49 bits per heavy atom. The summed E-state index contributed by atoms with van der Waals surface area (Å²) in [7, 11) is 0. The fraction of sp³-hybridized carbons (Fsp3) is 0.409. The Hall–Kier alpha value is -3.85. The molecular formula is C44H53FN2. The fourth-order valence-corrected chi connectivity index (χ4v) is 7.42. The molecule has 5 aromatic rings. The monoisotopic (exact) mass is 628 g/mol. The van der Waals surface area contributed by atoms with Gasteiger partial charge in [-0.2, -0.15) is 0 Å². The van der Waals surface area contributed by atoms with E-state index in [1.54, 1.807) is 12.3 Å². The molecule has 0 N–H and O–H groups in total. The quantitative estimate of drug-likeness (QED) is 0.194. The van der Waals surface area contributed by atoms with Crippen LogP contribution in [0.4, 0.5) is 4.39 Å². The molecule has 3 heteroatoms. The SMILES string of the molecule is CC.CC1(C)CCC(C)(C)c2cc(-c3nccc4ccccc34)ccc21.CC1(C)CCC(C)(C)c2cc(-c3ncccc3F)ccc21. The van der Waals surface area contributed by atoms with Crippen LogP contribution in [0.5, 0.6) is 0 Å². The third kappa shape index (κ3) is 6.77. The number of rotatable bonds is 2. The smallest absolute Gasteiger partial charge is 0.149 e. The molecule has 0 saturated heterocycles. The minimum atomic E-state index is -0.259. The summed E-state index contributed by atoms with van der Waals surface area (Å²) in [4.78, 5) is 8.92. The van der Waals surface area contributed by atoms with Crippen molar-refractivity contribution in [3.8, 4) is 22.5 Å². The molecule has 2 aliphatic carbocycles. The summed E-state index contributed by atoms with van der Waals surface area (Å²) in [6, 6.07) is 27.0. The van der Waals surface area contributed by atoms with Crippen molar-refractivity contribution < 1.29 is 4.39 Å². The number of benzene rings is 3. The van der Waals surface area contributed by atoms with Crippen molar-refractivity contribution in [3.05, 3.63) is 119 Å². The van der Waals surface area contributed by atoms with Crippen molar-refractivity contribution in [2.45, 2.75) is 117 Å². The second-order valence-electron chi connectivity index (χ2n) is 15.8. The molecule has 2 nitrogen and oxygen atoms in total. The van der Waals surface area contributed by atoms with E-state index in [1.807, 2.05) is 26.1 Å². The molecule has 3 aromatic carbocycles. The lowest BCUT2D eigenvalue weighted by Crippen LogP contribution is -2.33. The predicted octanol–water partition coefficient (Wildman–Crippen LogP) is 12.5. The van der Waals surface area contributed by atoms with Gasteiger partial charge in [-0.15, -0.1) is 0 Å². The van der Waals surface area contributed by atoms with Crippen molar-refractivity contribution in [2.24, 2.45) is 0 Å². The van der Waals surface area contributed by atoms with Gasteiger partial charge in [0.05, 0.1) is 5.69 Å². The predicted molar refractivity (Wildman–Crippen MR) is 199 cm³/mol. The molecule has 0 spiro atoms. The first-order chi connectivity index (χ1) is 22.2. The van der Waals surface area contributed by atoms with Crippen LogP contribution in [0.2, 0.25) is 0 Å². The maximum absolute atomic E-state index is 14.0. The summed E-state index contributed by atoms with van der Waals surface area (Å²) in [6.45, 7) is 22.6. The van der Waals surface area contributed by atoms with Crippen molar-refractivity contribution >= 4 is 10.8 Å². The summed E-state index contributed by atoms with van der Waals surface area (Å²) < 4.78 is 14.0. The van der Waals surface area contributed by atoms with Crippen LogP contribution in [0.3, 0.4) is 0 Å². The average molecular weight is 629 g/mol. The lowest BCUT2D eigenvalue weighted by Gasteiger charge is -2.42. The van der Waals surface area contributed by atoms with E-state index in [4.69, 9.17) is 4.98 Å². The Morgan fingerprint density at radius 2 is 0.957 bits per heavy atom. The van der Waals surface area contributed by atoms with Crippen LogP contribution in [-0.2, 0) is 21.7 Å². The number of fused-ring (bicyclic) bond motifs is 3. The maximum Gasteiger partial charge on any atom is 0.149 e. The van der Waals surface area contributed by atoms with Crippen molar-refractivity contribution in [3.63, 3.8) is 0 Å². The zero-order chi connectivity index (χ0) is 34.2. The molecule has 0 radical (unpaired) electrons. The van der Waals surface area contributed by atoms with Gasteiger partial charge in [0.1, 0.15) is 11.5 Å². The highest BCUT2D eigenvalue weighted by Gasteiger charge is 2.38. The summed E-state index contributed by atoms with van der Waals surface area (Å²) in [5, 5.41) is 2.48. The number of halogens is 1. The van der Waals surface area contributed by atoms with E-state index in [1.165, 1.54) is 63.9 Å². The Morgan fingerprint density at radius 1 is 0.489 bits per heavy atom. The minimum absolute atomic E-state index is 0.131. The summed E-state index contributed by atoms with van der Waals surface area (Å²) >= 11 is 0. The van der Waals surface area contributed by atoms with Gasteiger partial charge < -0.3 is 0 Å². The molecule has 7 rings (SSSR count). The molecule has 246 valence electrons. The van der Waals surface area contributed by atoms with Crippen LogP contribution in [-0.4, -0.2) is 9.97 Å². The molecule has 0 atom stereocenters. The zero-order valence-electron chi connectivity index (χ0n) is 30.3. The normalized spacial score (nSPS) is 18.0. The van der Waals surface area contributed by atoms with E-state index in [0.717, 1.165) is 17.7 Å². The Labute approximate surface area is 282 Å². The van der Waals surface area contributed by atoms with Gasteiger partial charge in [0.15, 0.2) is 0 Å². The molecule has 0 amide bonds. The Kier molecular flexibility index (Phi) is 9.52.